The SMILES string of the molecule is CCC(C)C(=O)O[C@@H](C)[C@H](C)OC(=O)[C@@H](N)Cc1ccc(OC(C)=O)c(OC(C)=O)c1. The molecule has 1 rings (SSSR count). The molecule has 0 bridgehead atoms. The Kier molecular flexibility index (Phi) is 10.1. The summed E-state index contributed by atoms with van der Waals surface area (Å²) in [6.07, 6.45) is -0.581. The molecule has 1 aromatic carbocycles. The van der Waals surface area contributed by atoms with Crippen LogP contribution in [0.2, 0.25) is 0 Å². The summed E-state index contributed by atoms with van der Waals surface area (Å²) in [5, 5.41) is 0. The van der Waals surface area contributed by atoms with Gasteiger partial charge in [0.2, 0.25) is 0 Å². The maximum absolute atomic E-state index is 12.4. The van der Waals surface area contributed by atoms with Gasteiger partial charge in [-0.3, -0.25) is 19.2 Å². The lowest BCUT2D eigenvalue weighted by Crippen LogP contribution is -2.40. The van der Waals surface area contributed by atoms with Crippen LogP contribution in [0.3, 0.4) is 0 Å². The third-order valence-corrected chi connectivity index (χ3v) is 4.55. The van der Waals surface area contributed by atoms with Gasteiger partial charge in [-0.25, -0.2) is 0 Å². The number of ether oxygens (including phenoxy) is 4. The van der Waals surface area contributed by atoms with Gasteiger partial charge in [0.1, 0.15) is 18.2 Å². The zero-order valence-electron chi connectivity index (χ0n) is 18.8. The number of esters is 4. The van der Waals surface area contributed by atoms with Crippen LogP contribution in [0.15, 0.2) is 18.2 Å². The van der Waals surface area contributed by atoms with Crippen molar-refractivity contribution in [1.29, 1.82) is 0 Å². The summed E-state index contributed by atoms with van der Waals surface area (Å²) in [7, 11) is 0. The second kappa shape index (κ2) is 12.0. The van der Waals surface area contributed by atoms with Crippen molar-refractivity contribution in [2.75, 3.05) is 0 Å². The molecular formula is C22H31NO8. The lowest BCUT2D eigenvalue weighted by atomic mass is 10.1. The zero-order chi connectivity index (χ0) is 23.7. The Bertz CT molecular complexity index is 807. The summed E-state index contributed by atoms with van der Waals surface area (Å²) < 4.78 is 20.7. The van der Waals surface area contributed by atoms with Gasteiger partial charge < -0.3 is 24.7 Å². The molecule has 1 unspecified atom stereocenters. The van der Waals surface area contributed by atoms with Gasteiger partial charge in [0.25, 0.3) is 0 Å². The van der Waals surface area contributed by atoms with Crippen LogP contribution in [0.25, 0.3) is 0 Å². The van der Waals surface area contributed by atoms with E-state index in [4.69, 9.17) is 24.7 Å². The number of nitrogens with two attached hydrogens (primary N) is 1. The van der Waals surface area contributed by atoms with E-state index in [-0.39, 0.29) is 29.8 Å². The minimum Gasteiger partial charge on any atom is -0.459 e. The van der Waals surface area contributed by atoms with Gasteiger partial charge in [-0.05, 0) is 44.4 Å². The maximum atomic E-state index is 12.4. The first kappa shape index (κ1) is 26.1. The summed E-state index contributed by atoms with van der Waals surface area (Å²) in [6, 6.07) is 3.50. The van der Waals surface area contributed by atoms with E-state index in [0.717, 1.165) is 0 Å². The molecule has 2 N–H and O–H groups in total. The first-order valence-corrected chi connectivity index (χ1v) is 10.1. The average molecular weight is 437 g/mol. The molecule has 0 spiro atoms. The summed E-state index contributed by atoms with van der Waals surface area (Å²) >= 11 is 0. The molecule has 0 fully saturated rings. The monoisotopic (exact) mass is 437 g/mol. The average Bonchev–Trinajstić information content (AvgIpc) is 2.68. The molecule has 0 aliphatic rings. The van der Waals surface area contributed by atoms with Gasteiger partial charge in [0, 0.05) is 13.8 Å². The molecule has 0 heterocycles. The Morgan fingerprint density at radius 2 is 1.39 bits per heavy atom. The van der Waals surface area contributed by atoms with Gasteiger partial charge in [-0.2, -0.15) is 0 Å². The highest BCUT2D eigenvalue weighted by molar-refractivity contribution is 5.77. The minimum absolute atomic E-state index is 0.0414. The number of rotatable bonds is 10. The van der Waals surface area contributed by atoms with Crippen LogP contribution in [-0.2, 0) is 35.1 Å². The standard InChI is InChI=1S/C22H31NO8/c1-7-12(2)21(26)28-13(3)14(4)29-22(27)18(23)10-17-8-9-19(30-15(5)24)20(11-17)31-16(6)25/h8-9,11-14,18H,7,10,23H2,1-6H3/t12?,13-,14-,18-/m0/s1. The Balaban J connectivity index is 2.77. The number of carbonyl (C=O) groups is 4. The van der Waals surface area contributed by atoms with Crippen LogP contribution < -0.4 is 15.2 Å². The summed E-state index contributed by atoms with van der Waals surface area (Å²) in [5.74, 6) is -2.31. The van der Waals surface area contributed by atoms with E-state index in [9.17, 15) is 19.2 Å². The fraction of sp³-hybridized carbons (Fsp3) is 0.545. The minimum atomic E-state index is -1.01. The number of carbonyl (C=O) groups excluding carboxylic acids is 4. The quantitative estimate of drug-likeness (QED) is 0.432. The molecule has 31 heavy (non-hydrogen) atoms. The lowest BCUT2D eigenvalue weighted by molar-refractivity contribution is -0.168. The van der Waals surface area contributed by atoms with Crippen LogP contribution in [-0.4, -0.2) is 42.1 Å². The molecule has 0 aromatic heterocycles. The third kappa shape index (κ3) is 8.75. The van der Waals surface area contributed by atoms with Crippen molar-refractivity contribution in [2.24, 2.45) is 11.7 Å². The van der Waals surface area contributed by atoms with Crippen molar-refractivity contribution in [2.45, 2.75) is 72.6 Å². The van der Waals surface area contributed by atoms with Crippen molar-refractivity contribution >= 4 is 23.9 Å². The smallest absolute Gasteiger partial charge is 0.323 e. The van der Waals surface area contributed by atoms with E-state index in [1.165, 1.54) is 26.0 Å². The molecule has 9 nitrogen and oxygen atoms in total. The van der Waals surface area contributed by atoms with Crippen molar-refractivity contribution in [3.8, 4) is 11.5 Å². The molecule has 1 aromatic rings. The molecule has 4 atom stereocenters. The Hall–Kier alpha value is -2.94. The highest BCUT2D eigenvalue weighted by Gasteiger charge is 2.25. The second-order valence-corrected chi connectivity index (χ2v) is 7.37. The lowest BCUT2D eigenvalue weighted by Gasteiger charge is -2.23. The largest absolute Gasteiger partial charge is 0.459 e. The molecule has 0 radical (unpaired) electrons. The van der Waals surface area contributed by atoms with Crippen LogP contribution in [0.4, 0.5) is 0 Å². The van der Waals surface area contributed by atoms with Crippen molar-refractivity contribution in [3.63, 3.8) is 0 Å². The van der Waals surface area contributed by atoms with Gasteiger partial charge in [-0.1, -0.05) is 19.9 Å². The predicted octanol–water partition coefficient (Wildman–Crippen LogP) is 2.32. The number of hydrogen-bond donors (Lipinski definition) is 1. The van der Waals surface area contributed by atoms with Gasteiger partial charge in [0.15, 0.2) is 11.5 Å². The summed E-state index contributed by atoms with van der Waals surface area (Å²) in [5.41, 5.74) is 6.53. The molecule has 0 saturated carbocycles. The van der Waals surface area contributed by atoms with E-state index in [1.54, 1.807) is 26.8 Å². The summed E-state index contributed by atoms with van der Waals surface area (Å²) in [6.45, 7) is 9.33. The van der Waals surface area contributed by atoms with Gasteiger partial charge >= 0.3 is 23.9 Å². The van der Waals surface area contributed by atoms with Crippen LogP contribution >= 0.6 is 0 Å². The topological polar surface area (TPSA) is 131 Å². The Morgan fingerprint density at radius 1 is 0.871 bits per heavy atom. The molecule has 9 heteroatoms. The van der Waals surface area contributed by atoms with Gasteiger partial charge in [0.05, 0.1) is 5.92 Å². The first-order chi connectivity index (χ1) is 14.4. The van der Waals surface area contributed by atoms with E-state index in [2.05, 4.69) is 0 Å². The van der Waals surface area contributed by atoms with E-state index in [0.29, 0.717) is 12.0 Å². The van der Waals surface area contributed by atoms with E-state index >= 15 is 0 Å². The highest BCUT2D eigenvalue weighted by Crippen LogP contribution is 2.29. The normalized spacial score (nSPS) is 14.5. The van der Waals surface area contributed by atoms with Crippen LogP contribution in [0, 0.1) is 5.92 Å². The van der Waals surface area contributed by atoms with Crippen LogP contribution in [0.5, 0.6) is 11.5 Å². The van der Waals surface area contributed by atoms with E-state index < -0.39 is 36.2 Å². The maximum Gasteiger partial charge on any atom is 0.323 e. The van der Waals surface area contributed by atoms with E-state index in [1.807, 2.05) is 6.92 Å². The fourth-order valence-corrected chi connectivity index (χ4v) is 2.42. The van der Waals surface area contributed by atoms with Crippen LogP contribution in [0.1, 0.15) is 53.5 Å². The molecular weight excluding hydrogens is 406 g/mol. The molecule has 0 aliphatic carbocycles. The Labute approximate surface area is 182 Å². The fourth-order valence-electron chi connectivity index (χ4n) is 2.42. The number of hydrogen-bond acceptors (Lipinski definition) is 9. The van der Waals surface area contributed by atoms with Crippen molar-refractivity contribution in [1.82, 2.24) is 0 Å². The van der Waals surface area contributed by atoms with Gasteiger partial charge in [-0.15, -0.1) is 0 Å². The highest BCUT2D eigenvalue weighted by atomic mass is 16.6. The van der Waals surface area contributed by atoms with Crippen molar-refractivity contribution in [3.05, 3.63) is 23.8 Å². The van der Waals surface area contributed by atoms with Crippen molar-refractivity contribution < 1.29 is 38.1 Å². The number of benzene rings is 1. The molecule has 0 amide bonds. The molecule has 172 valence electrons. The Morgan fingerprint density at radius 3 is 1.90 bits per heavy atom. The zero-order valence-corrected chi connectivity index (χ0v) is 18.8. The first-order valence-electron chi connectivity index (χ1n) is 10.1. The molecule has 0 saturated heterocycles. The third-order valence-electron chi connectivity index (χ3n) is 4.55. The second-order valence-electron chi connectivity index (χ2n) is 7.37. The predicted molar refractivity (Wildman–Crippen MR) is 111 cm³/mol. The molecule has 0 aliphatic heterocycles. The summed E-state index contributed by atoms with van der Waals surface area (Å²) in [4.78, 5) is 46.8.